The topological polar surface area (TPSA) is 124 Å². The third-order valence-corrected chi connectivity index (χ3v) is 4.10. The summed E-state index contributed by atoms with van der Waals surface area (Å²) in [5.41, 5.74) is 9.10. The summed E-state index contributed by atoms with van der Waals surface area (Å²) >= 11 is 0. The Balaban J connectivity index is 1.59. The smallest absolute Gasteiger partial charge is 0.225 e. The lowest BCUT2D eigenvalue weighted by Crippen LogP contribution is -2.27. The van der Waals surface area contributed by atoms with Gasteiger partial charge in [-0.15, -0.1) is 0 Å². The number of nitrogens with two attached hydrogens (primary N) is 2. The van der Waals surface area contributed by atoms with Crippen LogP contribution in [0.5, 0.6) is 0 Å². The molecule has 3 heterocycles. The molecule has 5 N–H and O–H groups in total. The number of anilines is 4. The van der Waals surface area contributed by atoms with Gasteiger partial charge in [0.05, 0.1) is 29.3 Å². The Hall–Kier alpha value is -3.72. The number of benzene rings is 1. The first-order valence-corrected chi connectivity index (χ1v) is 8.34. The highest BCUT2D eigenvalue weighted by atomic mass is 15.4. The molecule has 0 saturated heterocycles. The van der Waals surface area contributed by atoms with E-state index in [0.717, 1.165) is 22.2 Å². The fraction of sp³-hybridized carbons (Fsp3) is 0.111. The predicted molar refractivity (Wildman–Crippen MR) is 105 cm³/mol. The average Bonchev–Trinajstić information content (AvgIpc) is 3.11. The molecule has 0 atom stereocenters. The van der Waals surface area contributed by atoms with Crippen molar-refractivity contribution in [3.05, 3.63) is 60.7 Å². The fourth-order valence-corrected chi connectivity index (χ4v) is 2.74. The quantitative estimate of drug-likeness (QED) is 0.364. The monoisotopic (exact) mass is 361 g/mol. The molecule has 0 spiro atoms. The van der Waals surface area contributed by atoms with E-state index in [0.29, 0.717) is 24.0 Å². The molecule has 0 radical (unpaired) electrons. The largest absolute Gasteiger partial charge is 0.394 e. The number of pyridine rings is 1. The van der Waals surface area contributed by atoms with Crippen molar-refractivity contribution in [2.24, 2.45) is 12.9 Å². The van der Waals surface area contributed by atoms with E-state index in [9.17, 15) is 0 Å². The van der Waals surface area contributed by atoms with E-state index in [1.807, 2.05) is 43.6 Å². The maximum atomic E-state index is 6.29. The van der Waals surface area contributed by atoms with Gasteiger partial charge in [0.1, 0.15) is 0 Å². The van der Waals surface area contributed by atoms with Gasteiger partial charge >= 0.3 is 0 Å². The van der Waals surface area contributed by atoms with Crippen molar-refractivity contribution in [3.8, 4) is 0 Å². The van der Waals surface area contributed by atoms with Crippen LogP contribution in [-0.2, 0) is 13.6 Å². The number of nitrogens with one attached hydrogen (secondary N) is 1. The maximum Gasteiger partial charge on any atom is 0.225 e. The second kappa shape index (κ2) is 6.89. The molecule has 0 saturated carbocycles. The van der Waals surface area contributed by atoms with Gasteiger partial charge in [-0.3, -0.25) is 14.7 Å². The van der Waals surface area contributed by atoms with Crippen LogP contribution in [0.3, 0.4) is 0 Å². The number of hydrogen-bond acceptors (Lipinski definition) is 8. The molecule has 1 aromatic carbocycles. The molecular formula is C18H19N9. The number of hydrogen-bond donors (Lipinski definition) is 3. The van der Waals surface area contributed by atoms with Crippen LogP contribution in [0.2, 0.25) is 0 Å². The molecule has 4 aromatic rings. The van der Waals surface area contributed by atoms with Crippen LogP contribution in [0.1, 0.15) is 5.56 Å². The summed E-state index contributed by atoms with van der Waals surface area (Å²) < 4.78 is 1.74. The number of nitrogen functional groups attached to an aromatic ring is 1. The molecule has 0 aliphatic carbocycles. The summed E-state index contributed by atoms with van der Waals surface area (Å²) in [4.78, 5) is 13.0. The molecule has 0 fully saturated rings. The number of hydrazine groups is 1. The van der Waals surface area contributed by atoms with Crippen LogP contribution in [0.25, 0.3) is 10.9 Å². The number of rotatable bonds is 5. The summed E-state index contributed by atoms with van der Waals surface area (Å²) in [7, 11) is 1.87. The number of fused-ring (bicyclic) bond motifs is 1. The van der Waals surface area contributed by atoms with E-state index in [1.54, 1.807) is 17.1 Å². The van der Waals surface area contributed by atoms with Crippen LogP contribution >= 0.6 is 0 Å². The summed E-state index contributed by atoms with van der Waals surface area (Å²) in [6, 6.07) is 9.58. The lowest BCUT2D eigenvalue weighted by molar-refractivity contribution is 0.767. The maximum absolute atomic E-state index is 6.29. The molecular weight excluding hydrogens is 342 g/mol. The molecule has 0 aliphatic heterocycles. The lowest BCUT2D eigenvalue weighted by Gasteiger charge is -2.20. The Kier molecular flexibility index (Phi) is 4.27. The zero-order valence-corrected chi connectivity index (χ0v) is 14.7. The van der Waals surface area contributed by atoms with Gasteiger partial charge in [-0.25, -0.2) is 10.8 Å². The van der Waals surface area contributed by atoms with E-state index in [-0.39, 0.29) is 0 Å². The second-order valence-electron chi connectivity index (χ2n) is 6.10. The molecule has 9 heteroatoms. The van der Waals surface area contributed by atoms with E-state index < -0.39 is 0 Å². The van der Waals surface area contributed by atoms with Gasteiger partial charge in [0.15, 0.2) is 5.82 Å². The summed E-state index contributed by atoms with van der Waals surface area (Å²) in [5.74, 6) is 7.14. The summed E-state index contributed by atoms with van der Waals surface area (Å²) in [5, 5.41) is 9.71. The molecule has 136 valence electrons. The Morgan fingerprint density at radius 2 is 2.07 bits per heavy atom. The van der Waals surface area contributed by atoms with Crippen LogP contribution < -0.4 is 21.9 Å². The van der Waals surface area contributed by atoms with Crippen LogP contribution in [-0.4, -0.2) is 24.7 Å². The molecule has 9 nitrogen and oxygen atoms in total. The van der Waals surface area contributed by atoms with E-state index in [2.05, 4.69) is 25.4 Å². The van der Waals surface area contributed by atoms with Crippen molar-refractivity contribution in [2.75, 3.05) is 16.1 Å². The van der Waals surface area contributed by atoms with Crippen molar-refractivity contribution >= 4 is 34.0 Å². The van der Waals surface area contributed by atoms with E-state index in [4.69, 9.17) is 11.6 Å². The van der Waals surface area contributed by atoms with Gasteiger partial charge in [-0.2, -0.15) is 10.1 Å². The van der Waals surface area contributed by atoms with Crippen molar-refractivity contribution in [3.63, 3.8) is 0 Å². The Morgan fingerprint density at radius 3 is 2.89 bits per heavy atom. The first-order valence-electron chi connectivity index (χ1n) is 8.34. The number of aryl methyl sites for hydroxylation is 1. The Labute approximate surface area is 155 Å². The lowest BCUT2D eigenvalue weighted by atomic mass is 10.2. The Bertz CT molecular complexity index is 1090. The first-order chi connectivity index (χ1) is 13.1. The molecule has 4 rings (SSSR count). The van der Waals surface area contributed by atoms with E-state index >= 15 is 0 Å². The van der Waals surface area contributed by atoms with Crippen LogP contribution in [0.4, 0.5) is 23.1 Å². The Morgan fingerprint density at radius 1 is 1.19 bits per heavy atom. The van der Waals surface area contributed by atoms with Gasteiger partial charge in [-0.05, 0) is 24.3 Å². The highest BCUT2D eigenvalue weighted by Crippen LogP contribution is 2.28. The highest BCUT2D eigenvalue weighted by Gasteiger charge is 2.13. The number of nitrogens with zero attached hydrogens (tertiary/aromatic N) is 6. The van der Waals surface area contributed by atoms with E-state index in [1.165, 1.54) is 11.2 Å². The van der Waals surface area contributed by atoms with Gasteiger partial charge in [0.2, 0.25) is 5.95 Å². The highest BCUT2D eigenvalue weighted by molar-refractivity contribution is 5.84. The number of aromatic nitrogens is 5. The fourth-order valence-electron chi connectivity index (χ4n) is 2.74. The zero-order chi connectivity index (χ0) is 18.8. The average molecular weight is 361 g/mol. The summed E-state index contributed by atoms with van der Waals surface area (Å²) in [6.45, 7) is 0.545. The zero-order valence-electron chi connectivity index (χ0n) is 14.7. The van der Waals surface area contributed by atoms with Crippen LogP contribution in [0.15, 0.2) is 55.1 Å². The van der Waals surface area contributed by atoms with Gasteiger partial charge in [0.25, 0.3) is 0 Å². The van der Waals surface area contributed by atoms with Gasteiger partial charge < -0.3 is 11.1 Å². The van der Waals surface area contributed by atoms with Crippen molar-refractivity contribution in [2.45, 2.75) is 6.54 Å². The minimum absolute atomic E-state index is 0.385. The predicted octanol–water partition coefficient (Wildman–Crippen LogP) is 1.96. The van der Waals surface area contributed by atoms with Crippen molar-refractivity contribution in [1.29, 1.82) is 0 Å². The standard InChI is InChI=1S/C18H19N9/c1-26-11-12(9-24-26)8-22-18-23-10-15(19)17(25-18)27(20)14-4-5-16-13(7-14)3-2-6-21-16/h2-7,9-11H,8,19-20H2,1H3,(H,22,23,25). The molecule has 0 aliphatic rings. The molecule has 27 heavy (non-hydrogen) atoms. The first kappa shape index (κ1) is 16.7. The summed E-state index contributed by atoms with van der Waals surface area (Å²) in [6.07, 6.45) is 6.99. The second-order valence-corrected chi connectivity index (χ2v) is 6.10. The molecule has 0 unspecified atom stereocenters. The molecule has 0 amide bonds. The van der Waals surface area contributed by atoms with Crippen LogP contribution in [0, 0.1) is 0 Å². The minimum atomic E-state index is 0.385. The SMILES string of the molecule is Cn1cc(CNc2ncc(N)c(N(N)c3ccc4ncccc4c3)n2)cn1. The third-order valence-electron chi connectivity index (χ3n) is 4.10. The van der Waals surface area contributed by atoms with Gasteiger partial charge in [0, 0.05) is 36.9 Å². The third kappa shape index (κ3) is 3.48. The van der Waals surface area contributed by atoms with Crippen molar-refractivity contribution in [1.82, 2.24) is 24.7 Å². The normalized spacial score (nSPS) is 10.9. The minimum Gasteiger partial charge on any atom is -0.394 e. The van der Waals surface area contributed by atoms with Gasteiger partial charge in [-0.1, -0.05) is 6.07 Å². The van der Waals surface area contributed by atoms with Crippen molar-refractivity contribution < 1.29 is 0 Å². The molecule has 3 aromatic heterocycles. The molecule has 0 bridgehead atoms.